The minimum Gasteiger partial charge on any atom is -0.480 e. The quantitative estimate of drug-likeness (QED) is 0.751. The second-order valence-electron chi connectivity index (χ2n) is 4.27. The number of benzene rings is 1. The number of carbonyl (C=O) groups is 2. The summed E-state index contributed by atoms with van der Waals surface area (Å²) in [5.74, 6) is -1.40. The van der Waals surface area contributed by atoms with Gasteiger partial charge in [0.25, 0.3) is 0 Å². The van der Waals surface area contributed by atoms with Crippen LogP contribution in [0.4, 0.5) is 4.79 Å². The van der Waals surface area contributed by atoms with Crippen molar-refractivity contribution in [1.82, 2.24) is 5.32 Å². The lowest BCUT2D eigenvalue weighted by Gasteiger charge is -2.23. The fourth-order valence-corrected chi connectivity index (χ4v) is 2.00. The number of carboxylic acids is 1. The summed E-state index contributed by atoms with van der Waals surface area (Å²) in [6, 6.07) is 8.21. The number of carbonyl (C=O) groups excluding carboxylic acids is 1. The Morgan fingerprint density at radius 3 is 2.55 bits per heavy atom. The maximum absolute atomic E-state index is 11.5. The monoisotopic (exact) mass is 277 g/mol. The first-order valence-corrected chi connectivity index (χ1v) is 6.42. The number of hydrogen-bond donors (Lipinski definition) is 2. The average Bonchev–Trinajstić information content (AvgIpc) is 2.45. The van der Waals surface area contributed by atoms with E-state index in [0.717, 1.165) is 5.56 Å². The highest BCUT2D eigenvalue weighted by Gasteiger charge is 2.30. The third kappa shape index (κ3) is 4.42. The number of ether oxygens (including phenoxy) is 1. The first-order chi connectivity index (χ1) is 9.60. The molecule has 2 unspecified atom stereocenters. The predicted molar refractivity (Wildman–Crippen MR) is 75.6 cm³/mol. The van der Waals surface area contributed by atoms with Crippen LogP contribution in [0.25, 0.3) is 0 Å². The smallest absolute Gasteiger partial charge is 0.408 e. The van der Waals surface area contributed by atoms with Crippen LogP contribution < -0.4 is 5.32 Å². The van der Waals surface area contributed by atoms with E-state index in [9.17, 15) is 14.7 Å². The van der Waals surface area contributed by atoms with Crippen LogP contribution in [-0.4, -0.2) is 29.8 Å². The standard InChI is InChI=1S/C15H19NO4/c1-3-10-20-15(19)16-13(14(17)18)12(4-2)11-8-6-5-7-9-11/h3,5-9,12-13H,1,4,10H2,2H3,(H,16,19)(H,17,18). The van der Waals surface area contributed by atoms with E-state index in [-0.39, 0.29) is 12.5 Å². The van der Waals surface area contributed by atoms with Gasteiger partial charge in [0.05, 0.1) is 0 Å². The van der Waals surface area contributed by atoms with E-state index in [0.29, 0.717) is 6.42 Å². The number of hydrogen-bond acceptors (Lipinski definition) is 3. The van der Waals surface area contributed by atoms with Crippen molar-refractivity contribution in [2.75, 3.05) is 6.61 Å². The van der Waals surface area contributed by atoms with Crippen molar-refractivity contribution < 1.29 is 19.4 Å². The molecule has 0 aliphatic rings. The number of rotatable bonds is 7. The minimum absolute atomic E-state index is 0.0420. The van der Waals surface area contributed by atoms with E-state index in [1.807, 2.05) is 37.3 Å². The van der Waals surface area contributed by atoms with Gasteiger partial charge in [-0.25, -0.2) is 9.59 Å². The molecule has 0 bridgehead atoms. The number of alkyl carbamates (subject to hydrolysis) is 1. The van der Waals surface area contributed by atoms with Gasteiger partial charge in [0.1, 0.15) is 12.6 Å². The maximum atomic E-state index is 11.5. The van der Waals surface area contributed by atoms with Crippen molar-refractivity contribution in [3.05, 3.63) is 48.6 Å². The van der Waals surface area contributed by atoms with Gasteiger partial charge in [-0.3, -0.25) is 0 Å². The Kier molecular flexibility index (Phi) is 6.29. The van der Waals surface area contributed by atoms with Crippen molar-refractivity contribution >= 4 is 12.1 Å². The molecule has 2 atom stereocenters. The molecule has 5 heteroatoms. The molecule has 0 heterocycles. The first kappa shape index (κ1) is 15.8. The highest BCUT2D eigenvalue weighted by molar-refractivity contribution is 5.81. The van der Waals surface area contributed by atoms with Crippen molar-refractivity contribution in [1.29, 1.82) is 0 Å². The normalized spacial score (nSPS) is 13.1. The molecule has 1 aromatic carbocycles. The molecule has 1 aromatic rings. The molecule has 0 aromatic heterocycles. The highest BCUT2D eigenvalue weighted by Crippen LogP contribution is 2.23. The summed E-state index contributed by atoms with van der Waals surface area (Å²) in [5.41, 5.74) is 0.867. The molecule has 0 aliphatic heterocycles. The first-order valence-electron chi connectivity index (χ1n) is 6.42. The predicted octanol–water partition coefficient (Wildman–Crippen LogP) is 2.55. The van der Waals surface area contributed by atoms with E-state index in [4.69, 9.17) is 4.74 Å². The van der Waals surface area contributed by atoms with Gasteiger partial charge in [-0.15, -0.1) is 0 Å². The molecule has 0 spiro atoms. The molecule has 0 saturated heterocycles. The lowest BCUT2D eigenvalue weighted by Crippen LogP contribution is -2.45. The largest absolute Gasteiger partial charge is 0.480 e. The Morgan fingerprint density at radius 1 is 1.40 bits per heavy atom. The van der Waals surface area contributed by atoms with Gasteiger partial charge in [-0.1, -0.05) is 49.9 Å². The summed E-state index contributed by atoms with van der Waals surface area (Å²) in [5, 5.41) is 11.7. The summed E-state index contributed by atoms with van der Waals surface area (Å²) < 4.78 is 4.77. The van der Waals surface area contributed by atoms with E-state index in [1.54, 1.807) is 0 Å². The molecule has 2 N–H and O–H groups in total. The van der Waals surface area contributed by atoms with Crippen LogP contribution in [0.5, 0.6) is 0 Å². The van der Waals surface area contributed by atoms with E-state index in [2.05, 4.69) is 11.9 Å². The molecular weight excluding hydrogens is 258 g/mol. The van der Waals surface area contributed by atoms with E-state index < -0.39 is 18.1 Å². The third-order valence-electron chi connectivity index (χ3n) is 2.94. The van der Waals surface area contributed by atoms with Gasteiger partial charge in [0.15, 0.2) is 0 Å². The Bertz CT molecular complexity index is 458. The summed E-state index contributed by atoms with van der Waals surface area (Å²) in [7, 11) is 0. The fourth-order valence-electron chi connectivity index (χ4n) is 2.00. The van der Waals surface area contributed by atoms with Gasteiger partial charge in [-0.05, 0) is 12.0 Å². The van der Waals surface area contributed by atoms with E-state index in [1.165, 1.54) is 6.08 Å². The van der Waals surface area contributed by atoms with Crippen molar-refractivity contribution in [2.45, 2.75) is 25.3 Å². The van der Waals surface area contributed by atoms with Crippen LogP contribution in [0.3, 0.4) is 0 Å². The zero-order valence-corrected chi connectivity index (χ0v) is 11.4. The van der Waals surface area contributed by atoms with Crippen LogP contribution in [-0.2, 0) is 9.53 Å². The summed E-state index contributed by atoms with van der Waals surface area (Å²) >= 11 is 0. The van der Waals surface area contributed by atoms with Gasteiger partial charge in [0, 0.05) is 5.92 Å². The number of aliphatic carboxylic acids is 1. The Balaban J connectivity index is 2.85. The van der Waals surface area contributed by atoms with Gasteiger partial charge in [-0.2, -0.15) is 0 Å². The van der Waals surface area contributed by atoms with Crippen molar-refractivity contribution in [3.8, 4) is 0 Å². The second-order valence-corrected chi connectivity index (χ2v) is 4.27. The molecule has 20 heavy (non-hydrogen) atoms. The molecule has 0 saturated carbocycles. The zero-order chi connectivity index (χ0) is 15.0. The third-order valence-corrected chi connectivity index (χ3v) is 2.94. The van der Waals surface area contributed by atoms with Crippen LogP contribution in [0.15, 0.2) is 43.0 Å². The van der Waals surface area contributed by atoms with Crippen LogP contribution in [0, 0.1) is 0 Å². The fraction of sp³-hybridized carbons (Fsp3) is 0.333. The number of amides is 1. The highest BCUT2D eigenvalue weighted by atomic mass is 16.5. The maximum Gasteiger partial charge on any atom is 0.408 e. The molecule has 108 valence electrons. The molecular formula is C15H19NO4. The van der Waals surface area contributed by atoms with Crippen molar-refractivity contribution in [2.24, 2.45) is 0 Å². The molecule has 5 nitrogen and oxygen atoms in total. The Morgan fingerprint density at radius 2 is 2.05 bits per heavy atom. The minimum atomic E-state index is -1.09. The van der Waals surface area contributed by atoms with E-state index >= 15 is 0 Å². The van der Waals surface area contributed by atoms with Crippen LogP contribution in [0.2, 0.25) is 0 Å². The summed E-state index contributed by atoms with van der Waals surface area (Å²) in [6.07, 6.45) is 1.25. The molecule has 0 fully saturated rings. The number of nitrogens with one attached hydrogen (secondary N) is 1. The van der Waals surface area contributed by atoms with Crippen LogP contribution in [0.1, 0.15) is 24.8 Å². The Hall–Kier alpha value is -2.30. The summed E-state index contributed by atoms with van der Waals surface area (Å²) in [4.78, 5) is 22.9. The lowest BCUT2D eigenvalue weighted by molar-refractivity contribution is -0.140. The summed E-state index contributed by atoms with van der Waals surface area (Å²) in [6.45, 7) is 5.35. The molecule has 1 rings (SSSR count). The van der Waals surface area contributed by atoms with Gasteiger partial charge < -0.3 is 15.2 Å². The molecule has 1 amide bonds. The number of carboxylic acid groups (broad SMARTS) is 1. The SMILES string of the molecule is C=CCOC(=O)NC(C(=O)O)C(CC)c1ccccc1. The molecule has 0 aliphatic carbocycles. The molecule has 0 radical (unpaired) electrons. The lowest BCUT2D eigenvalue weighted by atomic mass is 9.89. The topological polar surface area (TPSA) is 75.6 Å². The van der Waals surface area contributed by atoms with Gasteiger partial charge in [0.2, 0.25) is 0 Å². The zero-order valence-electron chi connectivity index (χ0n) is 11.4. The Labute approximate surface area is 118 Å². The van der Waals surface area contributed by atoms with Gasteiger partial charge >= 0.3 is 12.1 Å². The van der Waals surface area contributed by atoms with Crippen LogP contribution >= 0.6 is 0 Å². The average molecular weight is 277 g/mol. The second kappa shape index (κ2) is 7.99. The van der Waals surface area contributed by atoms with Crippen molar-refractivity contribution in [3.63, 3.8) is 0 Å².